The molecule has 3 aromatic rings. The minimum atomic E-state index is -0.185. The van der Waals surface area contributed by atoms with Crippen molar-refractivity contribution >= 4 is 23.0 Å². The summed E-state index contributed by atoms with van der Waals surface area (Å²) in [5, 5.41) is 12.3. The van der Waals surface area contributed by atoms with Crippen LogP contribution in [0.25, 0.3) is 0 Å². The number of nitrogens with zero attached hydrogens (tertiary/aromatic N) is 3. The van der Waals surface area contributed by atoms with Crippen LogP contribution in [-0.4, -0.2) is 17.9 Å². The first-order valence-corrected chi connectivity index (χ1v) is 7.74. The summed E-state index contributed by atoms with van der Waals surface area (Å²) in [6.45, 7) is 0. The zero-order valence-electron chi connectivity index (χ0n) is 13.7. The molecule has 0 saturated carbocycles. The molecule has 25 heavy (non-hydrogen) atoms. The van der Waals surface area contributed by atoms with Gasteiger partial charge in [-0.1, -0.05) is 30.3 Å². The molecule has 0 spiro atoms. The van der Waals surface area contributed by atoms with Crippen LogP contribution < -0.4 is 10.2 Å². The molecule has 0 aliphatic rings. The number of rotatable bonds is 4. The first kappa shape index (κ1) is 16.2. The van der Waals surface area contributed by atoms with Crippen molar-refractivity contribution in [2.45, 2.75) is 0 Å². The van der Waals surface area contributed by atoms with E-state index in [0.29, 0.717) is 22.6 Å². The molecule has 0 saturated heterocycles. The monoisotopic (exact) mass is 328 g/mol. The van der Waals surface area contributed by atoms with Gasteiger partial charge in [-0.2, -0.15) is 5.26 Å². The predicted octanol–water partition coefficient (Wildman–Crippen LogP) is 3.97. The largest absolute Gasteiger partial charge is 0.353 e. The molecule has 5 nitrogen and oxygen atoms in total. The number of hydrogen-bond acceptors (Lipinski definition) is 4. The van der Waals surface area contributed by atoms with Gasteiger partial charge in [0.2, 0.25) is 0 Å². The molecule has 0 atom stereocenters. The minimum Gasteiger partial charge on any atom is -0.353 e. The Morgan fingerprint density at radius 1 is 1.04 bits per heavy atom. The van der Waals surface area contributed by atoms with Crippen molar-refractivity contribution in [1.29, 1.82) is 5.26 Å². The van der Waals surface area contributed by atoms with E-state index in [0.717, 1.165) is 5.69 Å². The molecule has 2 aromatic carbocycles. The molecular weight excluding hydrogens is 312 g/mol. The molecule has 1 amide bonds. The Morgan fingerprint density at radius 3 is 2.44 bits per heavy atom. The third-order valence-corrected chi connectivity index (χ3v) is 3.76. The Bertz CT molecular complexity index is 914. The molecular formula is C20H16N4O. The second-order valence-electron chi connectivity index (χ2n) is 5.41. The zero-order valence-corrected chi connectivity index (χ0v) is 13.7. The van der Waals surface area contributed by atoms with Crippen LogP contribution in [0, 0.1) is 11.3 Å². The van der Waals surface area contributed by atoms with Crippen molar-refractivity contribution in [3.05, 3.63) is 84.2 Å². The summed E-state index contributed by atoms with van der Waals surface area (Å²) >= 11 is 0. The molecule has 0 fully saturated rings. The van der Waals surface area contributed by atoms with Crippen molar-refractivity contribution in [3.8, 4) is 6.07 Å². The highest BCUT2D eigenvalue weighted by atomic mass is 16.2. The van der Waals surface area contributed by atoms with Gasteiger partial charge in [0, 0.05) is 12.7 Å². The Hall–Kier alpha value is -3.65. The van der Waals surface area contributed by atoms with Crippen LogP contribution >= 0.6 is 0 Å². The second kappa shape index (κ2) is 7.28. The molecule has 0 radical (unpaired) electrons. The quantitative estimate of drug-likeness (QED) is 0.786. The van der Waals surface area contributed by atoms with Crippen LogP contribution in [0.15, 0.2) is 72.9 Å². The summed E-state index contributed by atoms with van der Waals surface area (Å²) in [5.41, 5.74) is 3.12. The van der Waals surface area contributed by atoms with Crippen LogP contribution in [0.5, 0.6) is 0 Å². The summed E-state index contributed by atoms with van der Waals surface area (Å²) in [6, 6.07) is 22.2. The number of benzene rings is 2. The third kappa shape index (κ3) is 3.65. The molecule has 5 heteroatoms. The Morgan fingerprint density at radius 2 is 1.76 bits per heavy atom. The molecule has 0 bridgehead atoms. The van der Waals surface area contributed by atoms with Gasteiger partial charge in [-0.3, -0.25) is 4.79 Å². The molecule has 122 valence electrons. The van der Waals surface area contributed by atoms with Gasteiger partial charge < -0.3 is 10.2 Å². The van der Waals surface area contributed by atoms with Crippen molar-refractivity contribution in [3.63, 3.8) is 0 Å². The number of pyridine rings is 1. The van der Waals surface area contributed by atoms with E-state index in [1.54, 1.807) is 36.3 Å². The highest BCUT2D eigenvalue weighted by Crippen LogP contribution is 2.20. The summed E-state index contributed by atoms with van der Waals surface area (Å²) in [6.07, 6.45) is 1.58. The van der Waals surface area contributed by atoms with Crippen molar-refractivity contribution < 1.29 is 4.79 Å². The number of hydrogen-bond donors (Lipinski definition) is 1. The SMILES string of the molecule is CN(C(=O)c1ccc(Nc2ccccc2C#N)cn1)c1ccccc1. The number of aromatic nitrogens is 1. The van der Waals surface area contributed by atoms with E-state index in [-0.39, 0.29) is 5.91 Å². The lowest BCUT2D eigenvalue weighted by Crippen LogP contribution is -2.26. The highest BCUT2D eigenvalue weighted by Gasteiger charge is 2.14. The number of carbonyl (C=O) groups excluding carboxylic acids is 1. The van der Waals surface area contributed by atoms with Gasteiger partial charge in [0.15, 0.2) is 0 Å². The summed E-state index contributed by atoms with van der Waals surface area (Å²) in [4.78, 5) is 18.3. The number of nitriles is 1. The van der Waals surface area contributed by atoms with Crippen LogP contribution in [0.2, 0.25) is 0 Å². The van der Waals surface area contributed by atoms with Crippen molar-refractivity contribution in [1.82, 2.24) is 4.98 Å². The standard InChI is InChI=1S/C20H16N4O/c1-24(17-8-3-2-4-9-17)20(25)19-12-11-16(14-22-19)23-18-10-6-5-7-15(18)13-21/h2-12,14,23H,1H3. The predicted molar refractivity (Wildman–Crippen MR) is 97.9 cm³/mol. The van der Waals surface area contributed by atoms with E-state index in [4.69, 9.17) is 5.26 Å². The maximum Gasteiger partial charge on any atom is 0.276 e. The third-order valence-electron chi connectivity index (χ3n) is 3.76. The Labute approximate surface area is 146 Å². The van der Waals surface area contributed by atoms with Crippen LogP contribution in [0.4, 0.5) is 17.1 Å². The van der Waals surface area contributed by atoms with Crippen LogP contribution in [0.3, 0.4) is 0 Å². The lowest BCUT2D eigenvalue weighted by molar-refractivity contribution is 0.0988. The molecule has 1 N–H and O–H groups in total. The average molecular weight is 328 g/mol. The van der Waals surface area contributed by atoms with E-state index in [1.165, 1.54) is 0 Å². The fourth-order valence-corrected chi connectivity index (χ4v) is 2.38. The Balaban J connectivity index is 1.76. The molecule has 0 unspecified atom stereocenters. The maximum atomic E-state index is 12.5. The van der Waals surface area contributed by atoms with Crippen molar-refractivity contribution in [2.75, 3.05) is 17.3 Å². The van der Waals surface area contributed by atoms with Gasteiger partial charge in [0.25, 0.3) is 5.91 Å². The number of anilines is 3. The first-order chi connectivity index (χ1) is 12.2. The number of nitrogens with one attached hydrogen (secondary N) is 1. The molecule has 0 aliphatic heterocycles. The second-order valence-corrected chi connectivity index (χ2v) is 5.41. The topological polar surface area (TPSA) is 69.0 Å². The van der Waals surface area contributed by atoms with E-state index in [2.05, 4.69) is 16.4 Å². The summed E-state index contributed by atoms with van der Waals surface area (Å²) < 4.78 is 0. The number of carbonyl (C=O) groups is 1. The van der Waals surface area contributed by atoms with E-state index in [1.807, 2.05) is 48.5 Å². The van der Waals surface area contributed by atoms with Gasteiger partial charge in [0.1, 0.15) is 11.8 Å². The highest BCUT2D eigenvalue weighted by molar-refractivity contribution is 6.04. The Kier molecular flexibility index (Phi) is 4.72. The van der Waals surface area contributed by atoms with Gasteiger partial charge in [-0.15, -0.1) is 0 Å². The molecule has 3 rings (SSSR count). The van der Waals surface area contributed by atoms with Gasteiger partial charge >= 0.3 is 0 Å². The van der Waals surface area contributed by atoms with E-state index >= 15 is 0 Å². The van der Waals surface area contributed by atoms with Crippen LogP contribution in [0.1, 0.15) is 16.1 Å². The summed E-state index contributed by atoms with van der Waals surface area (Å²) in [7, 11) is 1.72. The van der Waals surface area contributed by atoms with E-state index < -0.39 is 0 Å². The maximum absolute atomic E-state index is 12.5. The van der Waals surface area contributed by atoms with Gasteiger partial charge in [0.05, 0.1) is 23.1 Å². The molecule has 1 aromatic heterocycles. The summed E-state index contributed by atoms with van der Waals surface area (Å²) in [5.74, 6) is -0.185. The lowest BCUT2D eigenvalue weighted by atomic mass is 10.2. The first-order valence-electron chi connectivity index (χ1n) is 7.74. The van der Waals surface area contributed by atoms with Gasteiger partial charge in [-0.25, -0.2) is 4.98 Å². The van der Waals surface area contributed by atoms with Crippen molar-refractivity contribution in [2.24, 2.45) is 0 Å². The number of amides is 1. The zero-order chi connectivity index (χ0) is 17.6. The fraction of sp³-hybridized carbons (Fsp3) is 0.0500. The molecule has 0 aliphatic carbocycles. The molecule has 1 heterocycles. The number of para-hydroxylation sites is 2. The lowest BCUT2D eigenvalue weighted by Gasteiger charge is -2.17. The van der Waals surface area contributed by atoms with Gasteiger partial charge in [-0.05, 0) is 36.4 Å². The average Bonchev–Trinajstić information content (AvgIpc) is 2.68. The smallest absolute Gasteiger partial charge is 0.276 e. The van der Waals surface area contributed by atoms with E-state index in [9.17, 15) is 4.79 Å². The normalized spacial score (nSPS) is 9.92. The van der Waals surface area contributed by atoms with Crippen LogP contribution in [-0.2, 0) is 0 Å². The minimum absolute atomic E-state index is 0.185. The fourth-order valence-electron chi connectivity index (χ4n) is 2.38.